The van der Waals surface area contributed by atoms with Crippen LogP contribution in [0.3, 0.4) is 0 Å². The zero-order valence-electron chi connectivity index (χ0n) is 63.0. The monoisotopic (exact) mass is 1570 g/mol. The molecule has 1 saturated carbocycles. The van der Waals surface area contributed by atoms with E-state index >= 15 is 4.39 Å². The summed E-state index contributed by atoms with van der Waals surface area (Å²) in [4.78, 5) is 147. The van der Waals surface area contributed by atoms with E-state index in [0.717, 1.165) is 65.7 Å². The lowest BCUT2D eigenvalue weighted by molar-refractivity contribution is -0.120. The van der Waals surface area contributed by atoms with Gasteiger partial charge in [-0.3, -0.25) is 58.1 Å². The number of fused-ring (bicyclic) bond motifs is 15. The summed E-state index contributed by atoms with van der Waals surface area (Å²) in [7, 11) is 0. The van der Waals surface area contributed by atoms with Crippen molar-refractivity contribution in [1.29, 1.82) is 0 Å². The number of Topliss-reactive ketones (excluding diaryl/α,β-unsaturated/α-hetero) is 2. The van der Waals surface area contributed by atoms with E-state index in [1.165, 1.54) is 61.5 Å². The molecular weight excluding hydrogens is 1480 g/mol. The maximum absolute atomic E-state index is 15.4. The van der Waals surface area contributed by atoms with Crippen molar-refractivity contribution >= 4 is 100 Å². The number of halogens is 3. The summed E-state index contributed by atoms with van der Waals surface area (Å²) in [6.45, 7) is 9.22. The summed E-state index contributed by atoms with van der Waals surface area (Å²) < 4.78 is 70.8. The van der Waals surface area contributed by atoms with Crippen LogP contribution in [0.15, 0.2) is 72.8 Å². The van der Waals surface area contributed by atoms with Crippen molar-refractivity contribution in [3.63, 3.8) is 0 Å². The first kappa shape index (κ1) is 81.2. The van der Waals surface area contributed by atoms with Gasteiger partial charge in [-0.1, -0.05) is 30.7 Å². The number of carbonyl (C=O) groups is 12. The number of cyclic esters (lactones) is 5. The SMILES string of the molecule is CC(=O)NC[C@@H]1OC(=O)N2c3ccc(C(=O)CN)c(F)c3C[C@@H]12.CC(=O)NC[C@@H]1OC(=O)N2c3ccc(C(=O)CN)cc3C[C@@H]12.CC(=O)NC[C@@H]1OC(=O)N2c3ccc(C4CCC[C@H](CN)C4)c(F)c3C[C@@H]12.CC(=O)NC[C@@H]1OC(=O)N2c3ccc(CN)c(F)c3C[C@@H]12.CC(=O)NC[C@@H]1OC(=O)N2c3ccc(CN)cc3C[C@@H]12. The van der Waals surface area contributed by atoms with E-state index in [2.05, 4.69) is 26.6 Å². The minimum Gasteiger partial charge on any atom is -0.442 e. The minimum absolute atomic E-state index is 0.0425. The van der Waals surface area contributed by atoms with Gasteiger partial charge in [-0.05, 0) is 121 Å². The average molecular weight is 1570 g/mol. The highest BCUT2D eigenvalue weighted by Crippen LogP contribution is 2.47. The number of hydrogen-bond donors (Lipinski definition) is 10. The van der Waals surface area contributed by atoms with E-state index in [4.69, 9.17) is 52.4 Å². The summed E-state index contributed by atoms with van der Waals surface area (Å²) in [6, 6.07) is 19.8. The summed E-state index contributed by atoms with van der Waals surface area (Å²) in [5.74, 6) is -2.06. The molecule has 10 aliphatic heterocycles. The van der Waals surface area contributed by atoms with Gasteiger partial charge in [-0.25, -0.2) is 37.1 Å². The van der Waals surface area contributed by atoms with Crippen LogP contribution in [-0.2, 0) is 92.9 Å². The second-order valence-corrected chi connectivity index (χ2v) is 29.4. The molecule has 32 nitrogen and oxygen atoms in total. The van der Waals surface area contributed by atoms with E-state index in [9.17, 15) is 66.3 Å². The fourth-order valence-electron chi connectivity index (χ4n) is 16.7. The second kappa shape index (κ2) is 34.4. The Labute approximate surface area is 647 Å². The quantitative estimate of drug-likeness (QED) is 0.0434. The lowest BCUT2D eigenvalue weighted by Gasteiger charge is -2.29. The number of ether oxygens (including phenoxy) is 5. The standard InChI is InChI=1S/C20H26FN3O3.C15H16FN3O4.C15H17N3O4.C14H16FN3O3.C14H17N3O3/c1-11(25)23-10-18-17-8-15-16(24(17)20(26)27-18)6-5-14(19(15)21)13-4-2-3-12(7-13)9-22;1-7(20)18-6-13-11-4-9-10(19(11)15(22)23-13)3-2-8(14(9)16)12(21)5-17;1-8(19)17-7-14-12-5-10-4-9(13(20)6-16)2-3-11(10)18(12)15(21)22-14;1-7(19)17-6-12-11-4-9-10(18(11)14(20)21-12)3-2-8(5-16)13(9)15;1-8(18)16-7-13-12-5-10-4-9(6-15)2-3-11(10)17(12)14(19)20-13/h5-6,12-13,17-18H,2-4,7-10,22H2,1H3,(H,23,25);2-3,11,13H,4-6,17H2,1H3,(H,18,20);2-4,12,14H,5-7,16H2,1H3,(H,17,19);2-3,11-12H,4-6,16H2,1H3,(H,17,19);2-4,12-13H,5-7,15H2,1H3,(H,16,18)/t12-,13?,17-,18-;11-,13-;12-,14-;11-,12-;12-,13-/m00000/s1. The molecule has 5 aromatic rings. The van der Waals surface area contributed by atoms with E-state index in [1.807, 2.05) is 30.3 Å². The molecule has 0 aromatic heterocycles. The largest absolute Gasteiger partial charge is 0.442 e. The number of hydrogen-bond acceptors (Lipinski definition) is 22. The molecule has 10 amide bonds. The molecule has 35 heteroatoms. The Balaban J connectivity index is 0.000000131. The third-order valence-electron chi connectivity index (χ3n) is 22.2. The lowest BCUT2D eigenvalue weighted by atomic mass is 9.77. The maximum atomic E-state index is 15.4. The molecule has 15 N–H and O–H groups in total. The Morgan fingerprint density at radius 1 is 0.416 bits per heavy atom. The number of nitrogens with one attached hydrogen (secondary N) is 5. The van der Waals surface area contributed by atoms with Crippen molar-refractivity contribution in [2.45, 2.75) is 172 Å². The highest BCUT2D eigenvalue weighted by Gasteiger charge is 2.53. The molecule has 6 fully saturated rings. The first-order valence-electron chi connectivity index (χ1n) is 37.5. The molecule has 1 aliphatic carbocycles. The smallest absolute Gasteiger partial charge is 0.415 e. The second-order valence-electron chi connectivity index (χ2n) is 29.4. The van der Waals surface area contributed by atoms with Crippen molar-refractivity contribution in [3.05, 3.63) is 146 Å². The third-order valence-corrected chi connectivity index (χ3v) is 22.2. The van der Waals surface area contributed by atoms with Gasteiger partial charge in [0.1, 0.15) is 48.0 Å². The van der Waals surface area contributed by atoms with Crippen LogP contribution in [0.2, 0.25) is 0 Å². The van der Waals surface area contributed by atoms with E-state index in [0.29, 0.717) is 89.7 Å². The summed E-state index contributed by atoms with van der Waals surface area (Å²) in [5, 5.41) is 13.3. The molecule has 5 aromatic carbocycles. The normalized spacial score (nSPS) is 24.1. The highest BCUT2D eigenvalue weighted by molar-refractivity contribution is 6.02. The highest BCUT2D eigenvalue weighted by atomic mass is 19.1. The van der Waals surface area contributed by atoms with Gasteiger partial charge in [0.25, 0.3) is 0 Å². The molecular formula is C78H92F3N15O17. The molecule has 11 aliphatic rings. The van der Waals surface area contributed by atoms with Crippen molar-refractivity contribution in [1.82, 2.24) is 26.6 Å². The topological polar surface area (TPSA) is 457 Å². The lowest BCUT2D eigenvalue weighted by Crippen LogP contribution is -2.40. The summed E-state index contributed by atoms with van der Waals surface area (Å²) in [6.07, 6.45) is 1.90. The first-order valence-corrected chi connectivity index (χ1v) is 37.5. The van der Waals surface area contributed by atoms with Crippen LogP contribution in [0.4, 0.5) is 65.6 Å². The molecule has 1 unspecified atom stereocenters. The van der Waals surface area contributed by atoms with E-state index in [1.54, 1.807) is 40.1 Å². The van der Waals surface area contributed by atoms with Gasteiger partial charge in [0.05, 0.1) is 110 Å². The van der Waals surface area contributed by atoms with Gasteiger partial charge in [0.15, 0.2) is 11.6 Å². The Hall–Kier alpha value is -11.3. The number of amides is 10. The van der Waals surface area contributed by atoms with Gasteiger partial charge in [-0.2, -0.15) is 0 Å². The summed E-state index contributed by atoms with van der Waals surface area (Å²) >= 11 is 0. The predicted octanol–water partition coefficient (Wildman–Crippen LogP) is 4.21. The number of nitrogens with two attached hydrogens (primary N) is 5. The molecule has 602 valence electrons. The van der Waals surface area contributed by atoms with Gasteiger partial charge >= 0.3 is 30.5 Å². The van der Waals surface area contributed by atoms with Crippen molar-refractivity contribution < 1.29 is 94.4 Å². The van der Waals surface area contributed by atoms with Crippen LogP contribution >= 0.6 is 0 Å². The van der Waals surface area contributed by atoms with Crippen LogP contribution in [-0.4, -0.2) is 185 Å². The van der Waals surface area contributed by atoms with Crippen LogP contribution in [0, 0.1) is 23.4 Å². The fraction of sp³-hybridized carbons (Fsp3) is 0.462. The number of nitrogens with zero attached hydrogens (tertiary/aromatic N) is 5. The van der Waals surface area contributed by atoms with Gasteiger partial charge < -0.3 is 78.9 Å². The number of anilines is 5. The third kappa shape index (κ3) is 16.7. The molecule has 10 heterocycles. The van der Waals surface area contributed by atoms with Crippen LogP contribution in [0.25, 0.3) is 0 Å². The molecule has 0 bridgehead atoms. The fourth-order valence-corrected chi connectivity index (χ4v) is 16.7. The van der Waals surface area contributed by atoms with Crippen molar-refractivity contribution in [3.8, 4) is 0 Å². The van der Waals surface area contributed by atoms with Gasteiger partial charge in [-0.15, -0.1) is 0 Å². The minimum atomic E-state index is -0.640. The number of benzene rings is 5. The Bertz CT molecular complexity index is 4650. The molecule has 0 spiro atoms. The zero-order valence-corrected chi connectivity index (χ0v) is 63.0. The molecule has 16 rings (SSSR count). The Kier molecular flexibility index (Phi) is 24.7. The first-order chi connectivity index (χ1) is 54.1. The Morgan fingerprint density at radius 2 is 0.788 bits per heavy atom. The average Bonchev–Trinajstić information content (AvgIpc) is 1.52. The number of ketones is 2. The Morgan fingerprint density at radius 3 is 1.19 bits per heavy atom. The molecule has 0 radical (unpaired) electrons. The van der Waals surface area contributed by atoms with Gasteiger partial charge in [0.2, 0.25) is 29.5 Å². The van der Waals surface area contributed by atoms with Gasteiger partial charge in [0, 0.05) is 94.8 Å². The van der Waals surface area contributed by atoms with Crippen molar-refractivity contribution in [2.75, 3.05) is 76.9 Å². The van der Waals surface area contributed by atoms with Crippen molar-refractivity contribution in [2.24, 2.45) is 34.6 Å². The van der Waals surface area contributed by atoms with Crippen LogP contribution in [0.5, 0.6) is 0 Å². The van der Waals surface area contributed by atoms with E-state index in [-0.39, 0.29) is 147 Å². The van der Waals surface area contributed by atoms with Crippen LogP contribution in [0.1, 0.15) is 131 Å². The number of rotatable bonds is 18. The van der Waals surface area contributed by atoms with E-state index < -0.39 is 66.4 Å². The molecule has 113 heavy (non-hydrogen) atoms. The van der Waals surface area contributed by atoms with Crippen LogP contribution < -0.4 is 79.8 Å². The molecule has 5 saturated heterocycles. The zero-order chi connectivity index (χ0) is 81.1. The summed E-state index contributed by atoms with van der Waals surface area (Å²) in [5.41, 5.74) is 37.0. The molecule has 12 atom stereocenters. The number of carbonyl (C=O) groups excluding carboxylic acids is 12. The maximum Gasteiger partial charge on any atom is 0.415 e. The predicted molar refractivity (Wildman–Crippen MR) is 403 cm³/mol.